The largest absolute Gasteiger partial charge is 0.409 e. The van der Waals surface area contributed by atoms with E-state index in [-0.39, 0.29) is 17.6 Å². The fourth-order valence-electron chi connectivity index (χ4n) is 1.96. The van der Waals surface area contributed by atoms with Crippen LogP contribution < -0.4 is 0 Å². The molecule has 5 atom stereocenters. The first kappa shape index (κ1) is 11.9. The van der Waals surface area contributed by atoms with Crippen molar-refractivity contribution in [1.82, 2.24) is 0 Å². The van der Waals surface area contributed by atoms with Crippen LogP contribution in [0.3, 0.4) is 0 Å². The van der Waals surface area contributed by atoms with E-state index < -0.39 is 19.9 Å². The Bertz CT molecular complexity index is 243. The van der Waals surface area contributed by atoms with E-state index in [0.29, 0.717) is 6.42 Å². The molecule has 0 amide bonds. The number of rotatable bonds is 2. The molecule has 0 aliphatic carbocycles. The van der Waals surface area contributed by atoms with E-state index in [1.807, 2.05) is 0 Å². The van der Waals surface area contributed by atoms with Crippen LogP contribution in [0.15, 0.2) is 0 Å². The lowest BCUT2D eigenvalue weighted by Gasteiger charge is -2.37. The van der Waals surface area contributed by atoms with Crippen molar-refractivity contribution < 1.29 is 19.4 Å². The highest BCUT2D eigenvalue weighted by Gasteiger charge is 2.49. The second kappa shape index (κ2) is 4.01. The lowest BCUT2D eigenvalue weighted by Crippen LogP contribution is -2.52. The minimum atomic E-state index is -1.72. The molecule has 0 saturated carbocycles. The molecule has 2 N–H and O–H groups in total. The summed E-state index contributed by atoms with van der Waals surface area (Å²) in [4.78, 5) is 0. The van der Waals surface area contributed by atoms with Crippen molar-refractivity contribution in [1.29, 1.82) is 0 Å². The number of hydrogen-bond acceptors (Lipinski definition) is 5. The Labute approximate surface area is 95.1 Å². The summed E-state index contributed by atoms with van der Waals surface area (Å²) in [6, 6.07) is 0. The topological polar surface area (TPSA) is 58.9 Å². The van der Waals surface area contributed by atoms with Gasteiger partial charge in [0.05, 0.1) is 6.10 Å². The van der Waals surface area contributed by atoms with Gasteiger partial charge in [-0.1, -0.05) is 11.8 Å². The third-order valence-corrected chi connectivity index (χ3v) is 4.64. The number of fused-ring (bicyclic) bond motifs is 2. The van der Waals surface area contributed by atoms with E-state index in [0.717, 1.165) is 0 Å². The normalized spacial score (nSPS) is 45.8. The molecule has 2 saturated heterocycles. The Morgan fingerprint density at radius 1 is 1.33 bits per heavy atom. The van der Waals surface area contributed by atoms with Gasteiger partial charge >= 0.3 is 0 Å². The molecule has 2 heterocycles. The van der Waals surface area contributed by atoms with Crippen LogP contribution in [-0.2, 0) is 9.16 Å². The average molecular weight is 250 g/mol. The first-order chi connectivity index (χ1) is 6.87. The summed E-state index contributed by atoms with van der Waals surface area (Å²) in [6.45, 7) is 6.21. The minimum Gasteiger partial charge on any atom is -0.409 e. The third kappa shape index (κ3) is 2.56. The molecule has 0 aromatic heterocycles. The molecule has 2 aliphatic heterocycles. The van der Waals surface area contributed by atoms with Crippen molar-refractivity contribution in [2.45, 2.75) is 55.2 Å². The first-order valence-corrected chi connectivity index (χ1v) is 9.57. The van der Waals surface area contributed by atoms with Crippen LogP contribution in [0.25, 0.3) is 0 Å². The van der Waals surface area contributed by atoms with Crippen molar-refractivity contribution in [3.05, 3.63) is 0 Å². The molecule has 0 radical (unpaired) electrons. The zero-order valence-electron chi connectivity index (χ0n) is 9.21. The van der Waals surface area contributed by atoms with Gasteiger partial charge in [0.15, 0.2) is 8.32 Å². The second-order valence-electron chi connectivity index (χ2n) is 5.05. The monoisotopic (exact) mass is 250 g/mol. The molecule has 2 aliphatic rings. The molecule has 2 bridgehead atoms. The van der Waals surface area contributed by atoms with Gasteiger partial charge in [0.25, 0.3) is 0 Å². The maximum Gasteiger partial charge on any atom is 0.184 e. The fraction of sp³-hybridized carbons (Fsp3) is 1.00. The summed E-state index contributed by atoms with van der Waals surface area (Å²) in [7, 11) is -1.72. The van der Waals surface area contributed by atoms with E-state index in [2.05, 4.69) is 19.6 Å². The highest BCUT2D eigenvalue weighted by Crippen LogP contribution is 2.42. The van der Waals surface area contributed by atoms with Gasteiger partial charge in [0.1, 0.15) is 23.1 Å². The van der Waals surface area contributed by atoms with E-state index in [9.17, 15) is 10.2 Å². The third-order valence-electron chi connectivity index (χ3n) is 2.51. The SMILES string of the molecule is C[Si](C)(C)O[C@H]1[C@@H](O)CC2O[C@H]1C(O)S2. The minimum absolute atomic E-state index is 0.0681. The second-order valence-corrected chi connectivity index (χ2v) is 10.8. The van der Waals surface area contributed by atoms with E-state index in [1.54, 1.807) is 0 Å². The Kier molecular flexibility index (Phi) is 3.18. The molecular weight excluding hydrogens is 232 g/mol. The molecule has 2 rings (SSSR count). The zero-order chi connectivity index (χ0) is 11.2. The molecular formula is C9H18O4SSi. The lowest BCUT2D eigenvalue weighted by molar-refractivity contribution is -0.142. The maximum absolute atomic E-state index is 9.92. The van der Waals surface area contributed by atoms with Crippen molar-refractivity contribution >= 4 is 20.1 Å². The van der Waals surface area contributed by atoms with E-state index in [1.165, 1.54) is 11.8 Å². The first-order valence-electron chi connectivity index (χ1n) is 5.22. The molecule has 6 heteroatoms. The summed E-state index contributed by atoms with van der Waals surface area (Å²) in [6.07, 6.45) is -0.689. The number of hydrogen-bond donors (Lipinski definition) is 2. The van der Waals surface area contributed by atoms with Gasteiger partial charge in [-0.25, -0.2) is 0 Å². The van der Waals surface area contributed by atoms with Crippen LogP contribution in [0, 0.1) is 0 Å². The van der Waals surface area contributed by atoms with Crippen molar-refractivity contribution in [2.24, 2.45) is 0 Å². The van der Waals surface area contributed by atoms with E-state index >= 15 is 0 Å². The number of aliphatic hydroxyl groups is 2. The van der Waals surface area contributed by atoms with Crippen LogP contribution in [0.5, 0.6) is 0 Å². The molecule has 0 aromatic rings. The van der Waals surface area contributed by atoms with Crippen molar-refractivity contribution in [3.8, 4) is 0 Å². The molecule has 2 unspecified atom stereocenters. The molecule has 88 valence electrons. The molecule has 0 spiro atoms. The van der Waals surface area contributed by atoms with E-state index in [4.69, 9.17) is 9.16 Å². The summed E-state index contributed by atoms with van der Waals surface area (Å²) in [5.74, 6) is 0. The highest BCUT2D eigenvalue weighted by molar-refractivity contribution is 8.00. The van der Waals surface area contributed by atoms with Gasteiger partial charge in [-0.3, -0.25) is 0 Å². The van der Waals surface area contributed by atoms with Gasteiger partial charge in [0, 0.05) is 6.42 Å². The van der Waals surface area contributed by atoms with Gasteiger partial charge in [-0.15, -0.1) is 0 Å². The fourth-order valence-corrected chi connectivity index (χ4v) is 4.26. The van der Waals surface area contributed by atoms with Crippen molar-refractivity contribution in [3.63, 3.8) is 0 Å². The predicted molar refractivity (Wildman–Crippen MR) is 61.1 cm³/mol. The Morgan fingerprint density at radius 3 is 2.60 bits per heavy atom. The standard InChI is InChI=1S/C9H18O4SSi/c1-15(2,3)13-7-5(10)4-6-12-8(7)9(11)14-6/h5-11H,4H2,1-3H3/t5-,6?,7-,8+,9?/m0/s1. The predicted octanol–water partition coefficient (Wildman–Crippen LogP) is 0.748. The van der Waals surface area contributed by atoms with Crippen LogP contribution in [0.4, 0.5) is 0 Å². The quantitative estimate of drug-likeness (QED) is 0.708. The van der Waals surface area contributed by atoms with Crippen LogP contribution >= 0.6 is 11.8 Å². The van der Waals surface area contributed by atoms with Crippen molar-refractivity contribution in [2.75, 3.05) is 0 Å². The van der Waals surface area contributed by atoms with Crippen LogP contribution in [-0.4, -0.2) is 47.7 Å². The number of aliphatic hydroxyl groups excluding tert-OH is 2. The Balaban J connectivity index is 2.08. The Morgan fingerprint density at radius 2 is 2.00 bits per heavy atom. The zero-order valence-corrected chi connectivity index (χ0v) is 11.0. The highest BCUT2D eigenvalue weighted by atomic mass is 32.2. The molecule has 15 heavy (non-hydrogen) atoms. The number of thioether (sulfide) groups is 1. The summed E-state index contributed by atoms with van der Waals surface area (Å²) >= 11 is 1.38. The lowest BCUT2D eigenvalue weighted by atomic mass is 10.0. The smallest absolute Gasteiger partial charge is 0.184 e. The van der Waals surface area contributed by atoms with Crippen LogP contribution in [0.2, 0.25) is 19.6 Å². The summed E-state index contributed by atoms with van der Waals surface area (Å²) in [5.41, 5.74) is -0.630. The molecule has 4 nitrogen and oxygen atoms in total. The molecule has 2 fully saturated rings. The van der Waals surface area contributed by atoms with Crippen LogP contribution in [0.1, 0.15) is 6.42 Å². The summed E-state index contributed by atoms with van der Waals surface area (Å²) < 4.78 is 11.5. The van der Waals surface area contributed by atoms with Gasteiger partial charge in [-0.05, 0) is 19.6 Å². The Hall–Kier alpha value is 0.407. The number of ether oxygens (including phenoxy) is 1. The molecule has 0 aromatic carbocycles. The van der Waals surface area contributed by atoms with Gasteiger partial charge < -0.3 is 19.4 Å². The van der Waals surface area contributed by atoms with Gasteiger partial charge in [0.2, 0.25) is 0 Å². The maximum atomic E-state index is 9.92. The summed E-state index contributed by atoms with van der Waals surface area (Å²) in [5, 5.41) is 19.7. The van der Waals surface area contributed by atoms with Gasteiger partial charge in [-0.2, -0.15) is 0 Å². The average Bonchev–Trinajstić information content (AvgIpc) is 2.35.